The molecular weight excluding hydrogens is 315 g/mol. The number of carbonyl (C=O) groups excluding carboxylic acids is 1. The van der Waals surface area contributed by atoms with Gasteiger partial charge in [0, 0.05) is 18.2 Å². The SMILES string of the molecule is COc1ccc(C(=O)NCc2ccccc2OC(F)(F)F)nn1. The molecule has 0 unspecified atom stereocenters. The number of nitrogens with zero attached hydrogens (tertiary/aromatic N) is 2. The monoisotopic (exact) mass is 327 g/mol. The Balaban J connectivity index is 2.04. The van der Waals surface area contributed by atoms with Gasteiger partial charge in [0.15, 0.2) is 5.69 Å². The van der Waals surface area contributed by atoms with E-state index in [0.29, 0.717) is 0 Å². The van der Waals surface area contributed by atoms with Gasteiger partial charge < -0.3 is 14.8 Å². The van der Waals surface area contributed by atoms with Gasteiger partial charge >= 0.3 is 6.36 Å². The highest BCUT2D eigenvalue weighted by Gasteiger charge is 2.32. The molecule has 0 saturated heterocycles. The molecule has 0 aliphatic carbocycles. The largest absolute Gasteiger partial charge is 0.573 e. The van der Waals surface area contributed by atoms with Crippen LogP contribution in [0.2, 0.25) is 0 Å². The van der Waals surface area contributed by atoms with Gasteiger partial charge in [-0.1, -0.05) is 18.2 Å². The first-order valence-corrected chi connectivity index (χ1v) is 6.38. The van der Waals surface area contributed by atoms with E-state index in [1.54, 1.807) is 0 Å². The van der Waals surface area contributed by atoms with Gasteiger partial charge in [0.25, 0.3) is 5.91 Å². The van der Waals surface area contributed by atoms with Gasteiger partial charge in [0.2, 0.25) is 5.88 Å². The average Bonchev–Trinajstić information content (AvgIpc) is 2.52. The predicted molar refractivity (Wildman–Crippen MR) is 72.9 cm³/mol. The zero-order chi connectivity index (χ0) is 16.9. The maximum absolute atomic E-state index is 12.3. The molecule has 23 heavy (non-hydrogen) atoms. The summed E-state index contributed by atoms with van der Waals surface area (Å²) < 4.78 is 45.7. The molecule has 0 atom stereocenters. The van der Waals surface area contributed by atoms with Gasteiger partial charge in [0.05, 0.1) is 7.11 Å². The van der Waals surface area contributed by atoms with E-state index in [0.717, 1.165) is 0 Å². The van der Waals surface area contributed by atoms with E-state index in [1.165, 1.54) is 43.5 Å². The van der Waals surface area contributed by atoms with Crippen LogP contribution in [0.4, 0.5) is 13.2 Å². The Bertz CT molecular complexity index is 675. The number of nitrogens with one attached hydrogen (secondary N) is 1. The van der Waals surface area contributed by atoms with E-state index >= 15 is 0 Å². The normalized spacial score (nSPS) is 11.0. The minimum Gasteiger partial charge on any atom is -0.480 e. The molecule has 122 valence electrons. The third kappa shape index (κ3) is 4.83. The summed E-state index contributed by atoms with van der Waals surface area (Å²) in [6, 6.07) is 8.37. The highest BCUT2D eigenvalue weighted by Crippen LogP contribution is 2.26. The van der Waals surface area contributed by atoms with E-state index in [9.17, 15) is 18.0 Å². The Morgan fingerprint density at radius 2 is 1.91 bits per heavy atom. The third-order valence-electron chi connectivity index (χ3n) is 2.72. The number of methoxy groups -OCH3 is 1. The van der Waals surface area contributed by atoms with Crippen molar-refractivity contribution in [2.24, 2.45) is 0 Å². The molecule has 2 aromatic rings. The van der Waals surface area contributed by atoms with Crippen LogP contribution in [0.3, 0.4) is 0 Å². The van der Waals surface area contributed by atoms with E-state index in [1.807, 2.05) is 0 Å². The Hall–Kier alpha value is -2.84. The van der Waals surface area contributed by atoms with E-state index in [2.05, 4.69) is 20.3 Å². The Morgan fingerprint density at radius 1 is 1.17 bits per heavy atom. The summed E-state index contributed by atoms with van der Waals surface area (Å²) in [4.78, 5) is 11.9. The topological polar surface area (TPSA) is 73.3 Å². The average molecular weight is 327 g/mol. The molecule has 1 N–H and O–H groups in total. The van der Waals surface area contributed by atoms with Crippen molar-refractivity contribution < 1.29 is 27.4 Å². The molecule has 1 aromatic heterocycles. The second-order valence-corrected chi connectivity index (χ2v) is 4.30. The van der Waals surface area contributed by atoms with Crippen LogP contribution in [-0.2, 0) is 6.54 Å². The van der Waals surface area contributed by atoms with Gasteiger partial charge in [-0.15, -0.1) is 23.4 Å². The number of halogens is 3. The molecule has 0 aliphatic rings. The summed E-state index contributed by atoms with van der Waals surface area (Å²) in [6.07, 6.45) is -4.80. The molecule has 9 heteroatoms. The second kappa shape index (κ2) is 6.95. The highest BCUT2D eigenvalue weighted by molar-refractivity contribution is 5.92. The Labute approximate surface area is 129 Å². The van der Waals surface area contributed by atoms with Crippen LogP contribution in [0.25, 0.3) is 0 Å². The number of hydrogen-bond acceptors (Lipinski definition) is 5. The van der Waals surface area contributed by atoms with Crippen molar-refractivity contribution in [3.8, 4) is 11.6 Å². The first-order valence-electron chi connectivity index (χ1n) is 6.38. The summed E-state index contributed by atoms with van der Waals surface area (Å²) in [7, 11) is 1.40. The van der Waals surface area contributed by atoms with Crippen molar-refractivity contribution >= 4 is 5.91 Å². The number of rotatable bonds is 5. The first-order chi connectivity index (χ1) is 10.9. The van der Waals surface area contributed by atoms with Gasteiger partial charge in [-0.2, -0.15) is 0 Å². The van der Waals surface area contributed by atoms with Gasteiger partial charge in [-0.25, -0.2) is 0 Å². The van der Waals surface area contributed by atoms with Crippen LogP contribution < -0.4 is 14.8 Å². The number of alkyl halides is 3. The molecular formula is C14H12F3N3O3. The van der Waals surface area contributed by atoms with Crippen molar-refractivity contribution in [2.45, 2.75) is 12.9 Å². The summed E-state index contributed by atoms with van der Waals surface area (Å²) in [5.74, 6) is -0.714. The molecule has 0 saturated carbocycles. The molecule has 6 nitrogen and oxygen atoms in total. The lowest BCUT2D eigenvalue weighted by Gasteiger charge is -2.13. The molecule has 1 aromatic carbocycles. The third-order valence-corrected chi connectivity index (χ3v) is 2.72. The van der Waals surface area contributed by atoms with Crippen LogP contribution in [0, 0.1) is 0 Å². The fraction of sp³-hybridized carbons (Fsp3) is 0.214. The first kappa shape index (κ1) is 16.5. The van der Waals surface area contributed by atoms with E-state index in [-0.39, 0.29) is 29.4 Å². The number of para-hydroxylation sites is 1. The maximum atomic E-state index is 12.3. The van der Waals surface area contributed by atoms with E-state index in [4.69, 9.17) is 4.74 Å². The van der Waals surface area contributed by atoms with Gasteiger partial charge in [-0.05, 0) is 12.1 Å². The van der Waals surface area contributed by atoms with Gasteiger partial charge in [0.1, 0.15) is 5.75 Å². The number of aromatic nitrogens is 2. The standard InChI is InChI=1S/C14H12F3N3O3/c1-22-12-7-6-10(19-20-12)13(21)18-8-9-4-2-3-5-11(9)23-14(15,16)17/h2-7H,8H2,1H3,(H,18,21). The van der Waals surface area contributed by atoms with Crippen molar-refractivity contribution in [3.05, 3.63) is 47.7 Å². The Morgan fingerprint density at radius 3 is 2.52 bits per heavy atom. The van der Waals surface area contributed by atoms with E-state index < -0.39 is 12.3 Å². The van der Waals surface area contributed by atoms with Crippen molar-refractivity contribution in [1.29, 1.82) is 0 Å². The number of amides is 1. The highest BCUT2D eigenvalue weighted by atomic mass is 19.4. The van der Waals surface area contributed by atoms with Crippen LogP contribution in [0.5, 0.6) is 11.6 Å². The van der Waals surface area contributed by atoms with Crippen LogP contribution in [-0.4, -0.2) is 29.6 Å². The Kier molecular flexibility index (Phi) is 4.99. The summed E-state index contributed by atoms with van der Waals surface area (Å²) in [5, 5.41) is 9.73. The number of hydrogen-bond donors (Lipinski definition) is 1. The predicted octanol–water partition coefficient (Wildman–Crippen LogP) is 2.31. The molecule has 0 spiro atoms. The molecule has 2 rings (SSSR count). The smallest absolute Gasteiger partial charge is 0.480 e. The molecule has 0 radical (unpaired) electrons. The number of ether oxygens (including phenoxy) is 2. The lowest BCUT2D eigenvalue weighted by atomic mass is 10.2. The minimum atomic E-state index is -4.80. The lowest BCUT2D eigenvalue weighted by molar-refractivity contribution is -0.274. The van der Waals surface area contributed by atoms with Crippen LogP contribution in [0.15, 0.2) is 36.4 Å². The fourth-order valence-corrected chi connectivity index (χ4v) is 1.69. The fourth-order valence-electron chi connectivity index (χ4n) is 1.69. The zero-order valence-electron chi connectivity index (χ0n) is 11.9. The van der Waals surface area contributed by atoms with Crippen LogP contribution in [0.1, 0.15) is 16.1 Å². The summed E-state index contributed by atoms with van der Waals surface area (Å²) in [6.45, 7) is -0.154. The molecule has 0 bridgehead atoms. The summed E-state index contributed by atoms with van der Waals surface area (Å²) in [5.41, 5.74) is 0.194. The van der Waals surface area contributed by atoms with Crippen LogP contribution >= 0.6 is 0 Å². The maximum Gasteiger partial charge on any atom is 0.573 e. The second-order valence-electron chi connectivity index (χ2n) is 4.30. The zero-order valence-corrected chi connectivity index (χ0v) is 11.9. The number of benzene rings is 1. The lowest BCUT2D eigenvalue weighted by Crippen LogP contribution is -2.25. The quantitative estimate of drug-likeness (QED) is 0.912. The molecule has 1 amide bonds. The van der Waals surface area contributed by atoms with Gasteiger partial charge in [-0.3, -0.25) is 4.79 Å². The molecule has 0 aliphatic heterocycles. The molecule has 1 heterocycles. The minimum absolute atomic E-state index is 0.0139. The molecule has 0 fully saturated rings. The van der Waals surface area contributed by atoms with Crippen molar-refractivity contribution in [1.82, 2.24) is 15.5 Å². The van der Waals surface area contributed by atoms with Crippen molar-refractivity contribution in [3.63, 3.8) is 0 Å². The number of carbonyl (C=O) groups is 1. The summed E-state index contributed by atoms with van der Waals surface area (Å²) >= 11 is 0. The van der Waals surface area contributed by atoms with Crippen molar-refractivity contribution in [2.75, 3.05) is 7.11 Å².